The van der Waals surface area contributed by atoms with Crippen LogP contribution in [0.15, 0.2) is 35.2 Å². The second-order valence-corrected chi connectivity index (χ2v) is 5.63. The molecule has 4 rings (SSSR count). The lowest BCUT2D eigenvalue weighted by atomic mass is 10.1. The summed E-state index contributed by atoms with van der Waals surface area (Å²) in [6.45, 7) is 0. The van der Waals surface area contributed by atoms with Gasteiger partial charge in [0, 0.05) is 17.7 Å². The lowest BCUT2D eigenvalue weighted by molar-refractivity contribution is -0.144. The fraction of sp³-hybridized carbons (Fsp3) is 0.125. The molecule has 0 atom stereocenters. The Hall–Kier alpha value is -3.44. The van der Waals surface area contributed by atoms with Crippen molar-refractivity contribution in [1.29, 1.82) is 0 Å². The molecular weight excluding hydrogens is 392 g/mol. The number of hydrogen-bond donors (Lipinski definition) is 0. The summed E-state index contributed by atoms with van der Waals surface area (Å²) in [5, 5.41) is 6.60. The van der Waals surface area contributed by atoms with E-state index < -0.39 is 34.6 Å². The minimum absolute atomic E-state index is 0.00147. The van der Waals surface area contributed by atoms with Gasteiger partial charge in [0.05, 0.1) is 11.3 Å². The van der Waals surface area contributed by atoms with Gasteiger partial charge in [0.25, 0.3) is 0 Å². The summed E-state index contributed by atoms with van der Waals surface area (Å²) in [5.41, 5.74) is -3.21. The maximum Gasteiger partial charge on any atom is 0.433 e. The lowest BCUT2D eigenvalue weighted by Gasteiger charge is -2.14. The van der Waals surface area contributed by atoms with E-state index in [0.29, 0.717) is 0 Å². The van der Waals surface area contributed by atoms with Crippen LogP contribution in [0.1, 0.15) is 22.8 Å². The Labute approximate surface area is 151 Å². The fourth-order valence-electron chi connectivity index (χ4n) is 2.62. The number of pyridine rings is 2. The average Bonchev–Trinajstić information content (AvgIpc) is 3.26. The molecule has 0 aliphatic rings. The van der Waals surface area contributed by atoms with E-state index in [4.69, 9.17) is 4.42 Å². The molecule has 0 unspecified atom stereocenters. The van der Waals surface area contributed by atoms with E-state index in [1.807, 2.05) is 0 Å². The molecule has 0 fully saturated rings. The van der Waals surface area contributed by atoms with Gasteiger partial charge in [-0.1, -0.05) is 0 Å². The van der Waals surface area contributed by atoms with E-state index in [0.717, 1.165) is 16.9 Å². The van der Waals surface area contributed by atoms with Crippen molar-refractivity contribution in [2.24, 2.45) is 0 Å². The molecule has 4 heterocycles. The summed E-state index contributed by atoms with van der Waals surface area (Å²) in [7, 11) is 0. The number of aromatic nitrogens is 5. The molecule has 144 valence electrons. The van der Waals surface area contributed by atoms with Gasteiger partial charge in [-0.2, -0.15) is 26.3 Å². The standard InChI is InChI=1S/C16H7F6N5O/c17-15(18,19)10-5-11(16(20,21)22)25-14-9(10)2-3-12-24-8(6-27(12)14)1-4-13-26-23-7-28-13/h1-7H/b4-1-. The van der Waals surface area contributed by atoms with Crippen molar-refractivity contribution < 1.29 is 30.8 Å². The number of alkyl halides is 6. The SMILES string of the molecule is FC(F)(F)c1cc(C(F)(F)F)c2ccc3nc(/C=C\c4nnco4)cn3c2n1. The van der Waals surface area contributed by atoms with Crippen LogP contribution >= 0.6 is 0 Å². The molecule has 0 N–H and O–H groups in total. The third kappa shape index (κ3) is 3.17. The van der Waals surface area contributed by atoms with Crippen molar-refractivity contribution >= 4 is 28.8 Å². The first-order chi connectivity index (χ1) is 13.1. The zero-order valence-electron chi connectivity index (χ0n) is 13.5. The van der Waals surface area contributed by atoms with Crippen LogP contribution in [0.2, 0.25) is 0 Å². The van der Waals surface area contributed by atoms with Crippen molar-refractivity contribution in [2.75, 3.05) is 0 Å². The Morgan fingerprint density at radius 1 is 0.964 bits per heavy atom. The minimum atomic E-state index is -5.04. The second kappa shape index (κ2) is 6.04. The highest BCUT2D eigenvalue weighted by Crippen LogP contribution is 2.38. The Morgan fingerprint density at radius 2 is 1.75 bits per heavy atom. The summed E-state index contributed by atoms with van der Waals surface area (Å²) < 4.78 is 85.1. The molecule has 0 saturated carbocycles. The van der Waals surface area contributed by atoms with Crippen LogP contribution in [0.4, 0.5) is 26.3 Å². The lowest BCUT2D eigenvalue weighted by Crippen LogP contribution is -2.14. The zero-order chi connectivity index (χ0) is 20.1. The third-order valence-electron chi connectivity index (χ3n) is 3.79. The highest BCUT2D eigenvalue weighted by atomic mass is 19.4. The van der Waals surface area contributed by atoms with Gasteiger partial charge in [-0.15, -0.1) is 10.2 Å². The summed E-state index contributed by atoms with van der Waals surface area (Å²) in [4.78, 5) is 7.53. The average molecular weight is 399 g/mol. The highest BCUT2D eigenvalue weighted by Gasteiger charge is 2.39. The van der Waals surface area contributed by atoms with Gasteiger partial charge >= 0.3 is 12.4 Å². The maximum atomic E-state index is 13.3. The Bertz CT molecular complexity index is 1190. The number of imidazole rings is 1. The van der Waals surface area contributed by atoms with Gasteiger partial charge in [0.2, 0.25) is 12.3 Å². The second-order valence-electron chi connectivity index (χ2n) is 5.63. The number of nitrogens with zero attached hydrogens (tertiary/aromatic N) is 5. The first-order valence-corrected chi connectivity index (χ1v) is 7.54. The minimum Gasteiger partial charge on any atom is -0.424 e. The van der Waals surface area contributed by atoms with E-state index in [1.54, 1.807) is 0 Å². The number of hydrogen-bond acceptors (Lipinski definition) is 5. The molecule has 28 heavy (non-hydrogen) atoms. The van der Waals surface area contributed by atoms with Crippen molar-refractivity contribution in [3.05, 3.63) is 53.6 Å². The normalized spacial score (nSPS) is 13.2. The molecule has 6 nitrogen and oxygen atoms in total. The fourth-order valence-corrected chi connectivity index (χ4v) is 2.62. The number of halogens is 6. The van der Waals surface area contributed by atoms with Crippen LogP contribution in [0.5, 0.6) is 0 Å². The van der Waals surface area contributed by atoms with Crippen LogP contribution in [-0.4, -0.2) is 24.6 Å². The van der Waals surface area contributed by atoms with E-state index in [1.165, 1.54) is 24.4 Å². The molecule has 0 amide bonds. The molecule has 0 radical (unpaired) electrons. The van der Waals surface area contributed by atoms with Gasteiger partial charge in [-0.05, 0) is 24.3 Å². The number of rotatable bonds is 2. The quantitative estimate of drug-likeness (QED) is 0.465. The summed E-state index contributed by atoms with van der Waals surface area (Å²) >= 11 is 0. The van der Waals surface area contributed by atoms with Crippen LogP contribution in [0.25, 0.3) is 28.8 Å². The Morgan fingerprint density at radius 3 is 2.39 bits per heavy atom. The largest absolute Gasteiger partial charge is 0.433 e. The Kier molecular flexibility index (Phi) is 3.87. The van der Waals surface area contributed by atoms with Gasteiger partial charge in [0.15, 0.2) is 0 Å². The van der Waals surface area contributed by atoms with Crippen LogP contribution in [-0.2, 0) is 12.4 Å². The van der Waals surface area contributed by atoms with Gasteiger partial charge < -0.3 is 4.42 Å². The highest BCUT2D eigenvalue weighted by molar-refractivity contribution is 5.83. The predicted octanol–water partition coefficient (Wildman–Crippen LogP) is 4.47. The van der Waals surface area contributed by atoms with Crippen molar-refractivity contribution in [3.8, 4) is 0 Å². The van der Waals surface area contributed by atoms with Crippen molar-refractivity contribution in [2.45, 2.75) is 12.4 Å². The van der Waals surface area contributed by atoms with E-state index in [-0.39, 0.29) is 23.3 Å². The first kappa shape index (κ1) is 17.9. The molecule has 4 aromatic heterocycles. The molecular formula is C16H7F6N5O. The molecule has 0 aliphatic heterocycles. The van der Waals surface area contributed by atoms with Crippen LogP contribution < -0.4 is 0 Å². The maximum absolute atomic E-state index is 13.3. The summed E-state index contributed by atoms with van der Waals surface area (Å²) in [6, 6.07) is 2.30. The molecule has 0 spiro atoms. The summed E-state index contributed by atoms with van der Waals surface area (Å²) in [6.07, 6.45) is -4.86. The van der Waals surface area contributed by atoms with Crippen LogP contribution in [0, 0.1) is 0 Å². The topological polar surface area (TPSA) is 69.1 Å². The summed E-state index contributed by atoms with van der Waals surface area (Å²) in [5.74, 6) is 0.152. The first-order valence-electron chi connectivity index (χ1n) is 7.54. The molecule has 4 aromatic rings. The molecule has 12 heteroatoms. The van der Waals surface area contributed by atoms with E-state index in [9.17, 15) is 26.3 Å². The van der Waals surface area contributed by atoms with Crippen molar-refractivity contribution in [3.63, 3.8) is 0 Å². The molecule has 0 aliphatic carbocycles. The molecule has 0 aromatic carbocycles. The molecule has 0 saturated heterocycles. The van der Waals surface area contributed by atoms with Crippen molar-refractivity contribution in [1.82, 2.24) is 24.6 Å². The molecule has 0 bridgehead atoms. The third-order valence-corrected chi connectivity index (χ3v) is 3.79. The predicted molar refractivity (Wildman–Crippen MR) is 83.7 cm³/mol. The van der Waals surface area contributed by atoms with Gasteiger partial charge in [-0.3, -0.25) is 4.40 Å². The monoisotopic (exact) mass is 399 g/mol. The van der Waals surface area contributed by atoms with E-state index in [2.05, 4.69) is 20.2 Å². The zero-order valence-corrected chi connectivity index (χ0v) is 13.5. The van der Waals surface area contributed by atoms with E-state index >= 15 is 0 Å². The van der Waals surface area contributed by atoms with Gasteiger partial charge in [0.1, 0.15) is 17.0 Å². The smallest absolute Gasteiger partial charge is 0.424 e. The van der Waals surface area contributed by atoms with Crippen LogP contribution in [0.3, 0.4) is 0 Å². The Balaban J connectivity index is 1.95. The van der Waals surface area contributed by atoms with Gasteiger partial charge in [-0.25, -0.2) is 9.97 Å². The number of fused-ring (bicyclic) bond motifs is 3.